The smallest absolute Gasteiger partial charge is 0.323 e. The third-order valence-corrected chi connectivity index (χ3v) is 2.18. The Bertz CT molecular complexity index is 333. The van der Waals surface area contributed by atoms with E-state index in [1.165, 1.54) is 4.90 Å². The number of hydrogen-bond donors (Lipinski definition) is 1. The molecule has 0 radical (unpaired) electrons. The predicted molar refractivity (Wildman–Crippen MR) is 59.9 cm³/mol. The highest BCUT2D eigenvalue weighted by Crippen LogP contribution is 2.14. The lowest BCUT2D eigenvalue weighted by molar-refractivity contribution is 0.225. The van der Waals surface area contributed by atoms with Gasteiger partial charge in [-0.05, 0) is 17.7 Å². The molecule has 1 aromatic rings. The largest absolute Gasteiger partial charge is 0.392 e. The van der Waals surface area contributed by atoms with Crippen molar-refractivity contribution >= 4 is 11.7 Å². The molecule has 82 valence electrons. The Hall–Kier alpha value is -1.55. The molecule has 1 rings (SSSR count). The normalized spacial score (nSPS) is 9.87. The number of benzene rings is 1. The molecule has 0 atom stereocenters. The van der Waals surface area contributed by atoms with Crippen LogP contribution in [-0.2, 0) is 6.61 Å². The quantitative estimate of drug-likeness (QED) is 0.796. The van der Waals surface area contributed by atoms with Gasteiger partial charge in [0.15, 0.2) is 0 Å². The minimum absolute atomic E-state index is 0.0195. The van der Waals surface area contributed by atoms with E-state index in [-0.39, 0.29) is 12.6 Å². The van der Waals surface area contributed by atoms with Crippen molar-refractivity contribution in [3.8, 4) is 0 Å². The van der Waals surface area contributed by atoms with E-state index < -0.39 is 0 Å². The van der Waals surface area contributed by atoms with Gasteiger partial charge in [0.25, 0.3) is 0 Å². The van der Waals surface area contributed by atoms with Gasteiger partial charge in [-0.2, -0.15) is 0 Å². The van der Waals surface area contributed by atoms with Gasteiger partial charge in [0.05, 0.1) is 6.61 Å². The van der Waals surface area contributed by atoms with Gasteiger partial charge in [0.2, 0.25) is 0 Å². The van der Waals surface area contributed by atoms with E-state index in [0.717, 1.165) is 11.3 Å². The van der Waals surface area contributed by atoms with Crippen LogP contribution >= 0.6 is 0 Å². The summed E-state index contributed by atoms with van der Waals surface area (Å²) < 4.78 is 0. The number of amides is 2. The minimum Gasteiger partial charge on any atom is -0.392 e. The second kappa shape index (κ2) is 4.79. The van der Waals surface area contributed by atoms with Gasteiger partial charge in [-0.25, -0.2) is 4.79 Å². The molecule has 0 aliphatic rings. The van der Waals surface area contributed by atoms with E-state index in [0.29, 0.717) is 0 Å². The Morgan fingerprint density at radius 2 is 1.73 bits per heavy atom. The minimum atomic E-state index is -0.0771. The van der Waals surface area contributed by atoms with Crippen molar-refractivity contribution in [1.82, 2.24) is 4.90 Å². The molecule has 0 unspecified atom stereocenters. The van der Waals surface area contributed by atoms with Crippen molar-refractivity contribution in [1.29, 1.82) is 0 Å². The molecular formula is C11H16N2O2. The molecule has 0 saturated carbocycles. The van der Waals surface area contributed by atoms with Gasteiger partial charge in [0, 0.05) is 26.8 Å². The monoisotopic (exact) mass is 208 g/mol. The fourth-order valence-electron chi connectivity index (χ4n) is 1.24. The van der Waals surface area contributed by atoms with Crippen LogP contribution in [-0.4, -0.2) is 37.2 Å². The van der Waals surface area contributed by atoms with E-state index in [1.54, 1.807) is 38.2 Å². The Morgan fingerprint density at radius 3 is 2.13 bits per heavy atom. The van der Waals surface area contributed by atoms with Crippen molar-refractivity contribution in [2.75, 3.05) is 26.0 Å². The number of aliphatic hydroxyl groups excluding tert-OH is 1. The zero-order valence-electron chi connectivity index (χ0n) is 9.27. The number of hydrogen-bond acceptors (Lipinski definition) is 2. The summed E-state index contributed by atoms with van der Waals surface area (Å²) in [6.07, 6.45) is 0. The van der Waals surface area contributed by atoms with Crippen molar-refractivity contribution in [2.45, 2.75) is 6.61 Å². The average molecular weight is 208 g/mol. The summed E-state index contributed by atoms with van der Waals surface area (Å²) in [5.41, 5.74) is 1.65. The van der Waals surface area contributed by atoms with Crippen LogP contribution in [0.15, 0.2) is 24.3 Å². The summed E-state index contributed by atoms with van der Waals surface area (Å²) in [6.45, 7) is 0.0195. The third-order valence-electron chi connectivity index (χ3n) is 2.18. The maximum absolute atomic E-state index is 11.6. The lowest BCUT2D eigenvalue weighted by atomic mass is 10.2. The molecular weight excluding hydrogens is 192 g/mol. The van der Waals surface area contributed by atoms with Gasteiger partial charge in [-0.3, -0.25) is 4.90 Å². The molecule has 1 N–H and O–H groups in total. The lowest BCUT2D eigenvalue weighted by Gasteiger charge is -2.21. The molecule has 1 aromatic carbocycles. The number of aliphatic hydroxyl groups is 1. The summed E-state index contributed by atoms with van der Waals surface area (Å²) in [4.78, 5) is 14.7. The predicted octanol–water partition coefficient (Wildman–Crippen LogP) is 1.30. The van der Waals surface area contributed by atoms with Crippen LogP contribution < -0.4 is 4.90 Å². The molecule has 0 bridgehead atoms. The molecule has 15 heavy (non-hydrogen) atoms. The zero-order valence-corrected chi connectivity index (χ0v) is 9.27. The fraction of sp³-hybridized carbons (Fsp3) is 0.364. The number of nitrogens with zero attached hydrogens (tertiary/aromatic N) is 2. The van der Waals surface area contributed by atoms with Crippen molar-refractivity contribution in [3.05, 3.63) is 29.8 Å². The van der Waals surface area contributed by atoms with Crippen LogP contribution in [0.1, 0.15) is 5.56 Å². The molecule has 0 saturated heterocycles. The first-order chi connectivity index (χ1) is 7.06. The molecule has 2 amide bonds. The van der Waals surface area contributed by atoms with Gasteiger partial charge in [-0.15, -0.1) is 0 Å². The van der Waals surface area contributed by atoms with Gasteiger partial charge in [-0.1, -0.05) is 12.1 Å². The highest BCUT2D eigenvalue weighted by atomic mass is 16.3. The molecule has 4 heteroatoms. The van der Waals surface area contributed by atoms with Crippen LogP contribution in [0.3, 0.4) is 0 Å². The number of anilines is 1. The second-order valence-electron chi connectivity index (χ2n) is 3.56. The number of rotatable bonds is 2. The molecule has 0 aliphatic heterocycles. The van der Waals surface area contributed by atoms with E-state index in [1.807, 2.05) is 12.1 Å². The third kappa shape index (κ3) is 2.70. The molecule has 0 heterocycles. The number of carbonyl (C=O) groups is 1. The molecule has 4 nitrogen and oxygen atoms in total. The van der Waals surface area contributed by atoms with Crippen molar-refractivity contribution in [3.63, 3.8) is 0 Å². The summed E-state index contributed by atoms with van der Waals surface area (Å²) in [6, 6.07) is 7.15. The Labute approximate surface area is 89.7 Å². The lowest BCUT2D eigenvalue weighted by Crippen LogP contribution is -2.36. The summed E-state index contributed by atoms with van der Waals surface area (Å²) in [5, 5.41) is 8.88. The molecule has 0 aromatic heterocycles. The van der Waals surface area contributed by atoms with Gasteiger partial charge in [0.1, 0.15) is 0 Å². The van der Waals surface area contributed by atoms with Crippen LogP contribution in [0.5, 0.6) is 0 Å². The Balaban J connectivity index is 2.82. The second-order valence-corrected chi connectivity index (χ2v) is 3.56. The average Bonchev–Trinajstić information content (AvgIpc) is 2.27. The summed E-state index contributed by atoms with van der Waals surface area (Å²) >= 11 is 0. The van der Waals surface area contributed by atoms with Crippen LogP contribution in [0.4, 0.5) is 10.5 Å². The van der Waals surface area contributed by atoms with Crippen molar-refractivity contribution < 1.29 is 9.90 Å². The summed E-state index contributed by atoms with van der Waals surface area (Å²) in [7, 11) is 5.14. The maximum Gasteiger partial charge on any atom is 0.323 e. The first-order valence-corrected chi connectivity index (χ1v) is 4.71. The van der Waals surface area contributed by atoms with Gasteiger partial charge < -0.3 is 10.0 Å². The van der Waals surface area contributed by atoms with Crippen molar-refractivity contribution in [2.24, 2.45) is 0 Å². The van der Waals surface area contributed by atoms with Gasteiger partial charge >= 0.3 is 6.03 Å². The highest BCUT2D eigenvalue weighted by molar-refractivity contribution is 5.91. The van der Waals surface area contributed by atoms with Crippen LogP contribution in [0, 0.1) is 0 Å². The first kappa shape index (κ1) is 11.5. The van der Waals surface area contributed by atoms with Crippen LogP contribution in [0.25, 0.3) is 0 Å². The molecule has 0 aliphatic carbocycles. The summed E-state index contributed by atoms with van der Waals surface area (Å²) in [5.74, 6) is 0. The maximum atomic E-state index is 11.6. The van der Waals surface area contributed by atoms with E-state index in [9.17, 15) is 4.79 Å². The molecule has 0 spiro atoms. The zero-order chi connectivity index (χ0) is 11.4. The number of carbonyl (C=O) groups excluding carboxylic acids is 1. The Kier molecular flexibility index (Phi) is 3.68. The number of urea groups is 1. The van der Waals surface area contributed by atoms with E-state index >= 15 is 0 Å². The van der Waals surface area contributed by atoms with E-state index in [4.69, 9.17) is 5.11 Å². The fourth-order valence-corrected chi connectivity index (χ4v) is 1.24. The highest BCUT2D eigenvalue weighted by Gasteiger charge is 2.11. The van der Waals surface area contributed by atoms with E-state index in [2.05, 4.69) is 0 Å². The molecule has 0 fully saturated rings. The topological polar surface area (TPSA) is 43.8 Å². The Morgan fingerprint density at radius 1 is 1.20 bits per heavy atom. The standard InChI is InChI=1S/C11H16N2O2/c1-12(2)11(15)13(3)10-6-4-9(8-14)5-7-10/h4-7,14H,8H2,1-3H3. The SMILES string of the molecule is CN(C)C(=O)N(C)c1ccc(CO)cc1. The first-order valence-electron chi connectivity index (χ1n) is 4.71. The van der Waals surface area contributed by atoms with Crippen LogP contribution in [0.2, 0.25) is 0 Å².